The van der Waals surface area contributed by atoms with Gasteiger partial charge in [0.15, 0.2) is 0 Å². The number of rotatable bonds is 13. The van der Waals surface area contributed by atoms with E-state index < -0.39 is 20.4 Å². The highest BCUT2D eigenvalue weighted by Crippen LogP contribution is 2.42. The summed E-state index contributed by atoms with van der Waals surface area (Å²) in [5.41, 5.74) is 2.90. The fourth-order valence-electron chi connectivity index (χ4n) is 5.18. The average molecular weight is 614 g/mol. The molecule has 228 valence electrons. The molecular weight excluding hydrogens is 574 g/mol. The van der Waals surface area contributed by atoms with Crippen LogP contribution < -0.4 is 15.0 Å². The predicted octanol–water partition coefficient (Wildman–Crippen LogP) is 2.21. The normalized spacial score (nSPS) is 17.0. The summed E-state index contributed by atoms with van der Waals surface area (Å²) in [6, 6.07) is 4.84. The Morgan fingerprint density at radius 3 is 2.37 bits per heavy atom. The van der Waals surface area contributed by atoms with E-state index in [0.29, 0.717) is 43.4 Å². The number of nitrogens with zero attached hydrogens (tertiary/aromatic N) is 4. The third-order valence-electron chi connectivity index (χ3n) is 7.16. The number of sulfonamides is 1. The van der Waals surface area contributed by atoms with Crippen molar-refractivity contribution in [3.8, 4) is 5.75 Å². The monoisotopic (exact) mass is 613 g/mol. The summed E-state index contributed by atoms with van der Waals surface area (Å²) in [7, 11) is -8.39. The van der Waals surface area contributed by atoms with Crippen LogP contribution in [0, 0.1) is 0 Å². The highest BCUT2D eigenvalue weighted by Gasteiger charge is 2.34. The Bertz CT molecular complexity index is 1450. The molecule has 15 heteroatoms. The SMILES string of the molecule is CCCOc1ccc(S(=O)(=O)N2CCN(CCOS(=O)(=O)O)CC2)cc1N1CNC(=O)c2c1c(CCC)cn2CC. The van der Waals surface area contributed by atoms with Crippen LogP contribution in [0.5, 0.6) is 5.75 Å². The van der Waals surface area contributed by atoms with Gasteiger partial charge in [-0.2, -0.15) is 12.7 Å². The van der Waals surface area contributed by atoms with Gasteiger partial charge in [0, 0.05) is 45.5 Å². The highest BCUT2D eigenvalue weighted by molar-refractivity contribution is 7.89. The molecular formula is C26H39N5O8S2. The van der Waals surface area contributed by atoms with Crippen molar-refractivity contribution in [3.63, 3.8) is 0 Å². The molecule has 0 spiro atoms. The van der Waals surface area contributed by atoms with Crippen LogP contribution >= 0.6 is 0 Å². The third kappa shape index (κ3) is 7.04. The van der Waals surface area contributed by atoms with Crippen LogP contribution in [0.1, 0.15) is 49.7 Å². The fraction of sp³-hybridized carbons (Fsp3) is 0.577. The maximum absolute atomic E-state index is 13.8. The molecule has 0 radical (unpaired) electrons. The largest absolute Gasteiger partial charge is 0.491 e. The van der Waals surface area contributed by atoms with Crippen molar-refractivity contribution < 1.29 is 35.1 Å². The number of fused-ring (bicyclic) bond motifs is 1. The zero-order chi connectivity index (χ0) is 29.8. The van der Waals surface area contributed by atoms with E-state index in [4.69, 9.17) is 9.29 Å². The van der Waals surface area contributed by atoms with Gasteiger partial charge in [0.1, 0.15) is 11.4 Å². The Hall–Kier alpha value is -2.69. The second-order valence-corrected chi connectivity index (χ2v) is 13.0. The number of ether oxygens (including phenoxy) is 1. The number of hydrogen-bond donors (Lipinski definition) is 2. The summed E-state index contributed by atoms with van der Waals surface area (Å²) in [6.07, 6.45) is 4.42. The van der Waals surface area contributed by atoms with Crippen molar-refractivity contribution in [2.75, 3.05) is 57.5 Å². The second kappa shape index (κ2) is 13.1. The molecule has 1 aromatic carbocycles. The molecule has 41 heavy (non-hydrogen) atoms. The van der Waals surface area contributed by atoms with Gasteiger partial charge in [0.25, 0.3) is 5.91 Å². The van der Waals surface area contributed by atoms with Crippen molar-refractivity contribution in [3.05, 3.63) is 35.7 Å². The molecule has 0 atom stereocenters. The molecule has 1 amide bonds. The van der Waals surface area contributed by atoms with Crippen LogP contribution in [0.2, 0.25) is 0 Å². The molecule has 2 aliphatic rings. The number of piperazine rings is 1. The number of anilines is 2. The standard InChI is InChI=1S/C26H39N5O8S2/c1-4-7-20-18-29(6-3)25-24(20)31(19-27-26(25)32)22-17-21(8-9-23(22)38-15-5-2)40(33,34)30-12-10-28(11-13-30)14-16-39-41(35,36)37/h8-9,17-18H,4-7,10-16,19H2,1-3H3,(H,27,32)(H,35,36,37). The Labute approximate surface area is 242 Å². The van der Waals surface area contributed by atoms with Gasteiger partial charge < -0.3 is 19.5 Å². The lowest BCUT2D eigenvalue weighted by Gasteiger charge is -2.34. The molecule has 2 N–H and O–H groups in total. The van der Waals surface area contributed by atoms with Gasteiger partial charge in [-0.1, -0.05) is 20.3 Å². The van der Waals surface area contributed by atoms with Crippen LogP contribution in [-0.4, -0.2) is 93.7 Å². The average Bonchev–Trinajstić information content (AvgIpc) is 3.31. The first-order valence-corrected chi connectivity index (χ1v) is 16.7. The molecule has 2 aliphatic heterocycles. The minimum absolute atomic E-state index is 0.116. The van der Waals surface area contributed by atoms with Crippen LogP contribution in [0.15, 0.2) is 29.3 Å². The minimum atomic E-state index is -4.52. The van der Waals surface area contributed by atoms with E-state index >= 15 is 0 Å². The van der Waals surface area contributed by atoms with E-state index in [-0.39, 0.29) is 43.7 Å². The van der Waals surface area contributed by atoms with Gasteiger partial charge >= 0.3 is 10.4 Å². The number of carbonyl (C=O) groups is 1. The van der Waals surface area contributed by atoms with Gasteiger partial charge in [-0.05, 0) is 43.5 Å². The summed E-state index contributed by atoms with van der Waals surface area (Å²) in [5, 5.41) is 2.93. The zero-order valence-electron chi connectivity index (χ0n) is 23.7. The van der Waals surface area contributed by atoms with E-state index in [9.17, 15) is 21.6 Å². The molecule has 4 rings (SSSR count). The minimum Gasteiger partial charge on any atom is -0.491 e. The molecule has 13 nitrogen and oxygen atoms in total. The number of benzene rings is 1. The lowest BCUT2D eigenvalue weighted by molar-refractivity contribution is 0.0940. The second-order valence-electron chi connectivity index (χ2n) is 9.95. The number of nitrogens with one attached hydrogen (secondary N) is 1. The van der Waals surface area contributed by atoms with Crippen LogP contribution in [0.4, 0.5) is 11.4 Å². The highest BCUT2D eigenvalue weighted by atomic mass is 32.3. The van der Waals surface area contributed by atoms with Crippen molar-refractivity contribution >= 4 is 37.7 Å². The molecule has 0 bridgehead atoms. The third-order valence-corrected chi connectivity index (χ3v) is 9.52. The number of amides is 1. The maximum atomic E-state index is 13.8. The molecule has 0 aliphatic carbocycles. The van der Waals surface area contributed by atoms with E-state index in [2.05, 4.69) is 16.4 Å². The van der Waals surface area contributed by atoms with Gasteiger partial charge in [-0.25, -0.2) is 12.6 Å². The Balaban J connectivity index is 1.64. The molecule has 1 aromatic heterocycles. The van der Waals surface area contributed by atoms with Crippen LogP contribution in [0.25, 0.3) is 0 Å². The van der Waals surface area contributed by atoms with Crippen molar-refractivity contribution in [1.82, 2.24) is 19.1 Å². The molecule has 0 saturated carbocycles. The molecule has 1 saturated heterocycles. The molecule has 1 fully saturated rings. The topological polar surface area (TPSA) is 151 Å². The van der Waals surface area contributed by atoms with Gasteiger partial charge in [0.2, 0.25) is 10.0 Å². The molecule has 0 unspecified atom stereocenters. The molecule has 3 heterocycles. The fourth-order valence-corrected chi connectivity index (χ4v) is 6.91. The quantitative estimate of drug-likeness (QED) is 0.322. The van der Waals surface area contributed by atoms with E-state index in [1.165, 1.54) is 4.31 Å². The van der Waals surface area contributed by atoms with Crippen molar-refractivity contribution in [2.24, 2.45) is 0 Å². The van der Waals surface area contributed by atoms with E-state index in [0.717, 1.165) is 30.5 Å². The van der Waals surface area contributed by atoms with Gasteiger partial charge in [0.05, 0.1) is 36.2 Å². The van der Waals surface area contributed by atoms with Gasteiger partial charge in [-0.3, -0.25) is 14.2 Å². The number of aromatic nitrogens is 1. The van der Waals surface area contributed by atoms with Crippen LogP contribution in [-0.2, 0) is 37.6 Å². The Morgan fingerprint density at radius 2 is 1.73 bits per heavy atom. The zero-order valence-corrected chi connectivity index (χ0v) is 25.3. The summed E-state index contributed by atoms with van der Waals surface area (Å²) in [4.78, 5) is 16.9. The first-order valence-electron chi connectivity index (χ1n) is 13.9. The summed E-state index contributed by atoms with van der Waals surface area (Å²) in [6.45, 7) is 8.49. The molecule has 2 aromatic rings. The van der Waals surface area contributed by atoms with Crippen molar-refractivity contribution in [1.29, 1.82) is 0 Å². The first-order chi connectivity index (χ1) is 19.5. The lowest BCUT2D eigenvalue weighted by Crippen LogP contribution is -2.49. The van der Waals surface area contributed by atoms with E-state index in [1.807, 2.05) is 34.4 Å². The van der Waals surface area contributed by atoms with Crippen LogP contribution in [0.3, 0.4) is 0 Å². The van der Waals surface area contributed by atoms with Crippen molar-refractivity contribution in [2.45, 2.75) is 51.5 Å². The van der Waals surface area contributed by atoms with E-state index in [1.54, 1.807) is 18.2 Å². The Morgan fingerprint density at radius 1 is 1.00 bits per heavy atom. The Kier molecular flexibility index (Phi) is 9.97. The predicted molar refractivity (Wildman–Crippen MR) is 154 cm³/mol. The lowest BCUT2D eigenvalue weighted by atomic mass is 10.1. The number of hydrogen-bond acceptors (Lipinski definition) is 9. The summed E-state index contributed by atoms with van der Waals surface area (Å²) in [5.74, 6) is 0.364. The number of aryl methyl sites for hydroxylation is 2. The number of carbonyl (C=O) groups excluding carboxylic acids is 1. The maximum Gasteiger partial charge on any atom is 0.397 e. The smallest absolute Gasteiger partial charge is 0.397 e. The van der Waals surface area contributed by atoms with Gasteiger partial charge in [-0.15, -0.1) is 0 Å². The first kappa shape index (κ1) is 31.3. The summed E-state index contributed by atoms with van der Waals surface area (Å²) < 4.78 is 71.6. The summed E-state index contributed by atoms with van der Waals surface area (Å²) >= 11 is 0.